The highest BCUT2D eigenvalue weighted by molar-refractivity contribution is 8.00. The predicted molar refractivity (Wildman–Crippen MR) is 67.6 cm³/mol. The van der Waals surface area contributed by atoms with E-state index in [0.29, 0.717) is 11.6 Å². The minimum atomic E-state index is -1.26. The monoisotopic (exact) mass is 284 g/mol. The Morgan fingerprint density at radius 1 is 1.56 bits per heavy atom. The topological polar surface area (TPSA) is 63.1 Å². The summed E-state index contributed by atoms with van der Waals surface area (Å²) in [5, 5.41) is 8.81. The minimum Gasteiger partial charge on any atom is -0.478 e. The molecule has 0 amide bonds. The molecule has 0 spiro atoms. The first-order chi connectivity index (χ1) is 8.56. The van der Waals surface area contributed by atoms with E-state index in [1.807, 2.05) is 0 Å². The summed E-state index contributed by atoms with van der Waals surface area (Å²) in [6.07, 6.45) is 0. The average molecular weight is 284 g/mol. The van der Waals surface area contributed by atoms with Gasteiger partial charge in [-0.15, -0.1) is 0 Å². The fourth-order valence-electron chi connectivity index (χ4n) is 1.31. The summed E-state index contributed by atoms with van der Waals surface area (Å²) < 4.78 is 18.0. The van der Waals surface area contributed by atoms with Crippen LogP contribution in [0.2, 0.25) is 0 Å². The largest absolute Gasteiger partial charge is 0.478 e. The fourth-order valence-corrected chi connectivity index (χ4v) is 2.90. The molecule has 0 unspecified atom stereocenters. The van der Waals surface area contributed by atoms with E-state index >= 15 is 0 Å². The van der Waals surface area contributed by atoms with Crippen LogP contribution in [0.5, 0.6) is 0 Å². The Labute approximate surface area is 111 Å². The molecule has 0 fully saturated rings. The summed E-state index contributed by atoms with van der Waals surface area (Å²) in [5.74, 6) is -0.725. The van der Waals surface area contributed by atoms with Gasteiger partial charge in [0.1, 0.15) is 11.6 Å². The Morgan fingerprint density at radius 2 is 2.33 bits per heavy atom. The van der Waals surface area contributed by atoms with E-state index in [-0.39, 0.29) is 5.56 Å². The van der Waals surface area contributed by atoms with E-state index in [1.54, 1.807) is 13.0 Å². The molecule has 7 heteroatoms. The Hall–Kier alpha value is -1.47. The lowest BCUT2D eigenvalue weighted by molar-refractivity contribution is 0.0692. The van der Waals surface area contributed by atoms with Crippen LogP contribution in [0.4, 0.5) is 4.39 Å². The maximum atomic E-state index is 13.2. The molecule has 0 radical (unpaired) electrons. The van der Waals surface area contributed by atoms with Gasteiger partial charge in [-0.1, -0.05) is 17.8 Å². The van der Waals surface area contributed by atoms with E-state index in [2.05, 4.69) is 9.36 Å². The van der Waals surface area contributed by atoms with Gasteiger partial charge in [0.05, 0.1) is 5.56 Å². The summed E-state index contributed by atoms with van der Waals surface area (Å²) in [5.41, 5.74) is 0.438. The van der Waals surface area contributed by atoms with E-state index in [0.717, 1.165) is 9.90 Å². The van der Waals surface area contributed by atoms with Crippen LogP contribution in [0.1, 0.15) is 21.7 Å². The second kappa shape index (κ2) is 5.45. The number of thioether (sulfide) groups is 1. The van der Waals surface area contributed by atoms with Crippen LogP contribution in [0.15, 0.2) is 22.5 Å². The molecule has 2 aromatic rings. The first-order valence-corrected chi connectivity index (χ1v) is 6.77. The van der Waals surface area contributed by atoms with Crippen molar-refractivity contribution < 1.29 is 14.3 Å². The number of carboxylic acid groups (broad SMARTS) is 1. The standard InChI is InChI=1S/C11H9FN2O2S2/c1-6-13-11(18-14-6)17-5-7-2-3-9(12)8(4-7)10(15)16/h2-4H,5H2,1H3,(H,15,16). The van der Waals surface area contributed by atoms with E-state index in [9.17, 15) is 9.18 Å². The Kier molecular flexibility index (Phi) is 3.93. The number of aromatic nitrogens is 2. The molecule has 4 nitrogen and oxygen atoms in total. The Balaban J connectivity index is 2.10. The number of benzene rings is 1. The number of aryl methyl sites for hydroxylation is 1. The lowest BCUT2D eigenvalue weighted by atomic mass is 10.1. The van der Waals surface area contributed by atoms with Crippen molar-refractivity contribution in [3.8, 4) is 0 Å². The van der Waals surface area contributed by atoms with Gasteiger partial charge in [0.25, 0.3) is 0 Å². The highest BCUT2D eigenvalue weighted by Gasteiger charge is 2.11. The number of halogens is 1. The molecule has 0 aliphatic carbocycles. The van der Waals surface area contributed by atoms with Gasteiger partial charge in [0, 0.05) is 5.75 Å². The lowest BCUT2D eigenvalue weighted by Crippen LogP contribution is -2.01. The number of hydrogen-bond acceptors (Lipinski definition) is 5. The molecule has 0 bridgehead atoms. The van der Waals surface area contributed by atoms with Crippen molar-refractivity contribution in [3.05, 3.63) is 41.0 Å². The predicted octanol–water partition coefficient (Wildman–Crippen LogP) is 2.98. The van der Waals surface area contributed by atoms with Crippen LogP contribution in [0.3, 0.4) is 0 Å². The maximum Gasteiger partial charge on any atom is 0.338 e. The molecule has 0 aliphatic rings. The quantitative estimate of drug-likeness (QED) is 0.874. The van der Waals surface area contributed by atoms with Crippen molar-refractivity contribution in [1.82, 2.24) is 9.36 Å². The number of nitrogens with zero attached hydrogens (tertiary/aromatic N) is 2. The van der Waals surface area contributed by atoms with Gasteiger partial charge in [-0.3, -0.25) is 0 Å². The Bertz CT molecular complexity index is 586. The van der Waals surface area contributed by atoms with Crippen molar-refractivity contribution in [3.63, 3.8) is 0 Å². The minimum absolute atomic E-state index is 0.304. The first kappa shape index (κ1) is 13.0. The molecule has 2 rings (SSSR count). The molecular formula is C11H9FN2O2S2. The van der Waals surface area contributed by atoms with Crippen LogP contribution in [-0.2, 0) is 5.75 Å². The third kappa shape index (κ3) is 3.05. The van der Waals surface area contributed by atoms with Gasteiger partial charge < -0.3 is 5.11 Å². The summed E-state index contributed by atoms with van der Waals surface area (Å²) in [6, 6.07) is 4.09. The Morgan fingerprint density at radius 3 is 2.94 bits per heavy atom. The van der Waals surface area contributed by atoms with E-state index < -0.39 is 11.8 Å². The molecule has 1 N–H and O–H groups in total. The molecule has 1 heterocycles. The molecule has 18 heavy (non-hydrogen) atoms. The highest BCUT2D eigenvalue weighted by atomic mass is 32.2. The highest BCUT2D eigenvalue weighted by Crippen LogP contribution is 2.25. The van der Waals surface area contributed by atoms with Crippen molar-refractivity contribution >= 4 is 29.3 Å². The summed E-state index contributed by atoms with van der Waals surface area (Å²) >= 11 is 2.74. The van der Waals surface area contributed by atoms with Crippen LogP contribution in [-0.4, -0.2) is 20.4 Å². The van der Waals surface area contributed by atoms with Crippen molar-refractivity contribution in [2.24, 2.45) is 0 Å². The van der Waals surface area contributed by atoms with Crippen molar-refractivity contribution in [1.29, 1.82) is 0 Å². The molecule has 0 saturated heterocycles. The SMILES string of the molecule is Cc1nsc(SCc2ccc(F)c(C(=O)O)c2)n1. The second-order valence-electron chi connectivity index (χ2n) is 3.52. The maximum absolute atomic E-state index is 13.2. The average Bonchev–Trinajstić information content (AvgIpc) is 2.74. The molecule has 94 valence electrons. The summed E-state index contributed by atoms with van der Waals surface area (Å²) in [4.78, 5) is 15.0. The van der Waals surface area contributed by atoms with Gasteiger partial charge in [-0.05, 0) is 36.2 Å². The number of carboxylic acids is 1. The smallest absolute Gasteiger partial charge is 0.338 e. The summed E-state index contributed by atoms with van der Waals surface area (Å²) in [6.45, 7) is 1.81. The van der Waals surface area contributed by atoms with Gasteiger partial charge in [-0.2, -0.15) is 4.37 Å². The second-order valence-corrected chi connectivity index (χ2v) is 5.49. The zero-order chi connectivity index (χ0) is 13.1. The molecule has 0 aliphatic heterocycles. The normalized spacial score (nSPS) is 10.6. The number of aromatic carboxylic acids is 1. The number of hydrogen-bond donors (Lipinski definition) is 1. The third-order valence-electron chi connectivity index (χ3n) is 2.13. The molecule has 1 aromatic carbocycles. The zero-order valence-corrected chi connectivity index (χ0v) is 11.0. The molecule has 0 atom stereocenters. The van der Waals surface area contributed by atoms with Crippen LogP contribution in [0, 0.1) is 12.7 Å². The van der Waals surface area contributed by atoms with Gasteiger partial charge in [-0.25, -0.2) is 14.2 Å². The number of rotatable bonds is 4. The molecule has 1 aromatic heterocycles. The lowest BCUT2D eigenvalue weighted by Gasteiger charge is -2.02. The fraction of sp³-hybridized carbons (Fsp3) is 0.182. The molecule has 0 saturated carbocycles. The van der Waals surface area contributed by atoms with Gasteiger partial charge >= 0.3 is 5.97 Å². The van der Waals surface area contributed by atoms with Gasteiger partial charge in [0.2, 0.25) is 0 Å². The first-order valence-electron chi connectivity index (χ1n) is 5.01. The van der Waals surface area contributed by atoms with Crippen molar-refractivity contribution in [2.75, 3.05) is 0 Å². The number of carbonyl (C=O) groups is 1. The van der Waals surface area contributed by atoms with E-state index in [4.69, 9.17) is 5.11 Å². The van der Waals surface area contributed by atoms with Crippen molar-refractivity contribution in [2.45, 2.75) is 17.0 Å². The van der Waals surface area contributed by atoms with Gasteiger partial charge in [0.15, 0.2) is 4.34 Å². The van der Waals surface area contributed by atoms with Crippen LogP contribution in [0.25, 0.3) is 0 Å². The van der Waals surface area contributed by atoms with Crippen LogP contribution < -0.4 is 0 Å². The van der Waals surface area contributed by atoms with Crippen LogP contribution >= 0.6 is 23.3 Å². The third-order valence-corrected chi connectivity index (χ3v) is 4.13. The van der Waals surface area contributed by atoms with E-state index in [1.165, 1.54) is 35.4 Å². The zero-order valence-electron chi connectivity index (χ0n) is 9.38. The summed E-state index contributed by atoms with van der Waals surface area (Å²) in [7, 11) is 0. The molecular weight excluding hydrogens is 275 g/mol.